The van der Waals surface area contributed by atoms with Crippen molar-refractivity contribution in [3.05, 3.63) is 54.1 Å². The van der Waals surface area contributed by atoms with Crippen LogP contribution in [0.5, 0.6) is 0 Å². The molecule has 1 aliphatic carbocycles. The van der Waals surface area contributed by atoms with Crippen molar-refractivity contribution in [2.75, 3.05) is 18.0 Å². The number of anilines is 1. The van der Waals surface area contributed by atoms with E-state index >= 15 is 0 Å². The summed E-state index contributed by atoms with van der Waals surface area (Å²) in [5.41, 5.74) is 7.18. The molecule has 1 saturated heterocycles. The van der Waals surface area contributed by atoms with Gasteiger partial charge in [0.25, 0.3) is 0 Å². The smallest absolute Gasteiger partial charge is 0.0722 e. The predicted molar refractivity (Wildman–Crippen MR) is 111 cm³/mol. The summed E-state index contributed by atoms with van der Waals surface area (Å²) in [7, 11) is 0. The summed E-state index contributed by atoms with van der Waals surface area (Å²) in [6, 6.07) is 11.5. The summed E-state index contributed by atoms with van der Waals surface area (Å²) >= 11 is 0. The standard InChI is InChI=1S/C24H31N2/c1-23(2)11-12-24(3,4)21-16-18(8-9-20(21)23)22-17-19(10-13-25-22)26-14-6-5-7-15-26/h5,8-10,13,16-17H,6-7,11-12,14-15H2,1-4H3. The van der Waals surface area contributed by atoms with Crippen LogP contribution >= 0.6 is 0 Å². The van der Waals surface area contributed by atoms with Crippen molar-refractivity contribution in [2.45, 2.75) is 64.2 Å². The van der Waals surface area contributed by atoms with E-state index < -0.39 is 0 Å². The van der Waals surface area contributed by atoms with Gasteiger partial charge in [0.15, 0.2) is 0 Å². The van der Waals surface area contributed by atoms with Crippen LogP contribution in [0.1, 0.15) is 64.5 Å². The first-order valence-electron chi connectivity index (χ1n) is 10.0. The molecule has 2 aliphatic rings. The molecule has 2 nitrogen and oxygen atoms in total. The van der Waals surface area contributed by atoms with Gasteiger partial charge in [-0.3, -0.25) is 4.98 Å². The van der Waals surface area contributed by atoms with E-state index in [1.54, 1.807) is 0 Å². The van der Waals surface area contributed by atoms with E-state index in [-0.39, 0.29) is 10.8 Å². The second-order valence-corrected chi connectivity index (χ2v) is 9.28. The number of hydrogen-bond donors (Lipinski definition) is 0. The topological polar surface area (TPSA) is 16.1 Å². The van der Waals surface area contributed by atoms with E-state index in [1.165, 1.54) is 48.1 Å². The van der Waals surface area contributed by atoms with Crippen molar-refractivity contribution >= 4 is 5.69 Å². The van der Waals surface area contributed by atoms with Crippen molar-refractivity contribution in [1.29, 1.82) is 0 Å². The van der Waals surface area contributed by atoms with Gasteiger partial charge < -0.3 is 4.90 Å². The summed E-state index contributed by atoms with van der Waals surface area (Å²) in [6.07, 6.45) is 9.23. The van der Waals surface area contributed by atoms with E-state index in [1.807, 2.05) is 6.20 Å². The van der Waals surface area contributed by atoms with Crippen LogP contribution in [-0.2, 0) is 10.8 Å². The van der Waals surface area contributed by atoms with Crippen molar-refractivity contribution in [3.8, 4) is 11.3 Å². The molecule has 1 radical (unpaired) electrons. The lowest BCUT2D eigenvalue weighted by Crippen LogP contribution is -2.33. The lowest BCUT2D eigenvalue weighted by Gasteiger charge is -2.42. The third kappa shape index (κ3) is 3.15. The van der Waals surface area contributed by atoms with E-state index in [9.17, 15) is 0 Å². The zero-order valence-corrected chi connectivity index (χ0v) is 16.7. The second kappa shape index (κ2) is 6.40. The van der Waals surface area contributed by atoms with Gasteiger partial charge in [-0.15, -0.1) is 0 Å². The lowest BCUT2D eigenvalue weighted by atomic mass is 9.63. The molecule has 0 bridgehead atoms. The highest BCUT2D eigenvalue weighted by atomic mass is 15.1. The van der Waals surface area contributed by atoms with Crippen LogP contribution in [0.25, 0.3) is 11.3 Å². The molecule has 1 aliphatic heterocycles. The number of benzene rings is 1. The zero-order chi connectivity index (χ0) is 18.4. The predicted octanol–water partition coefficient (Wildman–Crippen LogP) is 5.90. The molecule has 1 aromatic heterocycles. The molecule has 4 rings (SSSR count). The first kappa shape index (κ1) is 17.6. The first-order chi connectivity index (χ1) is 12.4. The molecule has 0 unspecified atom stereocenters. The average molecular weight is 348 g/mol. The van der Waals surface area contributed by atoms with E-state index in [2.05, 4.69) is 69.3 Å². The molecule has 0 atom stereocenters. The fraction of sp³-hybridized carbons (Fsp3) is 0.500. The maximum atomic E-state index is 4.70. The van der Waals surface area contributed by atoms with Crippen LogP contribution in [-0.4, -0.2) is 18.1 Å². The maximum absolute atomic E-state index is 4.70. The Kier molecular flexibility index (Phi) is 4.33. The Morgan fingerprint density at radius 3 is 2.27 bits per heavy atom. The molecule has 1 fully saturated rings. The summed E-state index contributed by atoms with van der Waals surface area (Å²) in [5, 5.41) is 0. The Labute approximate surface area is 158 Å². The Hall–Kier alpha value is -1.83. The van der Waals surface area contributed by atoms with E-state index in [0.29, 0.717) is 0 Å². The minimum Gasteiger partial charge on any atom is -0.371 e. The molecule has 1 aromatic carbocycles. The number of rotatable bonds is 2. The number of nitrogens with zero attached hydrogens (tertiary/aromatic N) is 2. The average Bonchev–Trinajstić information content (AvgIpc) is 2.66. The maximum Gasteiger partial charge on any atom is 0.0722 e. The van der Waals surface area contributed by atoms with Crippen LogP contribution < -0.4 is 4.90 Å². The van der Waals surface area contributed by atoms with Gasteiger partial charge in [0, 0.05) is 30.5 Å². The molecule has 0 amide bonds. The molecular formula is C24H31N2. The molecule has 2 aromatic rings. The highest BCUT2D eigenvalue weighted by Gasteiger charge is 2.37. The molecule has 0 spiro atoms. The summed E-state index contributed by atoms with van der Waals surface area (Å²) in [6.45, 7) is 11.8. The largest absolute Gasteiger partial charge is 0.371 e. The minimum absolute atomic E-state index is 0.237. The molecule has 137 valence electrons. The third-order valence-corrected chi connectivity index (χ3v) is 6.46. The van der Waals surface area contributed by atoms with Crippen LogP contribution in [0, 0.1) is 6.42 Å². The van der Waals surface area contributed by atoms with Gasteiger partial charge in [-0.25, -0.2) is 0 Å². The van der Waals surface area contributed by atoms with Gasteiger partial charge >= 0.3 is 0 Å². The molecule has 0 saturated carbocycles. The number of aromatic nitrogens is 1. The molecule has 0 N–H and O–H groups in total. The van der Waals surface area contributed by atoms with Crippen molar-refractivity contribution in [3.63, 3.8) is 0 Å². The van der Waals surface area contributed by atoms with Gasteiger partial charge in [0.2, 0.25) is 0 Å². The normalized spacial score (nSPS) is 21.3. The third-order valence-electron chi connectivity index (χ3n) is 6.46. The van der Waals surface area contributed by atoms with Crippen LogP contribution in [0.2, 0.25) is 0 Å². The van der Waals surface area contributed by atoms with Crippen LogP contribution in [0.4, 0.5) is 5.69 Å². The Morgan fingerprint density at radius 2 is 1.54 bits per heavy atom. The van der Waals surface area contributed by atoms with Crippen molar-refractivity contribution in [2.24, 2.45) is 0 Å². The SMILES string of the molecule is CC1(C)CCC(C)(C)c2cc(-c3cc(N4CC[CH]CC4)ccn3)ccc21. The zero-order valence-electron chi connectivity index (χ0n) is 16.7. The fourth-order valence-electron chi connectivity index (χ4n) is 4.53. The number of piperidine rings is 1. The quantitative estimate of drug-likeness (QED) is 0.672. The molecule has 26 heavy (non-hydrogen) atoms. The Morgan fingerprint density at radius 1 is 0.846 bits per heavy atom. The fourth-order valence-corrected chi connectivity index (χ4v) is 4.53. The van der Waals surface area contributed by atoms with E-state index in [4.69, 9.17) is 4.98 Å². The Balaban J connectivity index is 1.73. The van der Waals surface area contributed by atoms with Gasteiger partial charge in [-0.2, -0.15) is 0 Å². The van der Waals surface area contributed by atoms with Gasteiger partial charge in [0.05, 0.1) is 5.69 Å². The number of hydrogen-bond acceptors (Lipinski definition) is 2. The molecular weight excluding hydrogens is 316 g/mol. The van der Waals surface area contributed by atoms with E-state index in [0.717, 1.165) is 18.8 Å². The van der Waals surface area contributed by atoms with Gasteiger partial charge in [-0.1, -0.05) is 39.8 Å². The lowest BCUT2D eigenvalue weighted by molar-refractivity contribution is 0.332. The second-order valence-electron chi connectivity index (χ2n) is 9.28. The van der Waals surface area contributed by atoms with Crippen LogP contribution in [0.3, 0.4) is 0 Å². The highest BCUT2D eigenvalue weighted by molar-refractivity contribution is 5.67. The van der Waals surface area contributed by atoms with Gasteiger partial charge in [-0.05, 0) is 72.3 Å². The van der Waals surface area contributed by atoms with Crippen molar-refractivity contribution < 1.29 is 0 Å². The Bertz CT molecular complexity index is 798. The molecule has 2 heteroatoms. The highest BCUT2D eigenvalue weighted by Crippen LogP contribution is 2.46. The molecule has 2 heterocycles. The number of pyridine rings is 1. The summed E-state index contributed by atoms with van der Waals surface area (Å²) in [5.74, 6) is 0. The first-order valence-corrected chi connectivity index (χ1v) is 10.0. The summed E-state index contributed by atoms with van der Waals surface area (Å²) in [4.78, 5) is 7.19. The van der Waals surface area contributed by atoms with Crippen molar-refractivity contribution in [1.82, 2.24) is 4.98 Å². The van der Waals surface area contributed by atoms with Crippen LogP contribution in [0.15, 0.2) is 36.5 Å². The number of fused-ring (bicyclic) bond motifs is 1. The van der Waals surface area contributed by atoms with Gasteiger partial charge in [0.1, 0.15) is 0 Å². The monoisotopic (exact) mass is 347 g/mol. The minimum atomic E-state index is 0.237. The summed E-state index contributed by atoms with van der Waals surface area (Å²) < 4.78 is 0.